The molecule has 1 aromatic carbocycles. The molecule has 0 aliphatic heterocycles. The fourth-order valence-electron chi connectivity index (χ4n) is 1.25. The molecule has 3 N–H and O–H groups in total. The molecule has 0 spiro atoms. The molecule has 0 bridgehead atoms. The zero-order valence-electron chi connectivity index (χ0n) is 8.24. The van der Waals surface area contributed by atoms with E-state index in [1.165, 1.54) is 12.3 Å². The normalized spacial score (nSPS) is 10.1. The van der Waals surface area contributed by atoms with Crippen LogP contribution in [0.4, 0.5) is 21.5 Å². The van der Waals surface area contributed by atoms with Crippen LogP contribution in [0.2, 0.25) is 5.02 Å². The van der Waals surface area contributed by atoms with E-state index in [-0.39, 0.29) is 0 Å². The van der Waals surface area contributed by atoms with E-state index in [2.05, 4.69) is 10.3 Å². The van der Waals surface area contributed by atoms with Crippen LogP contribution in [0.15, 0.2) is 36.7 Å². The van der Waals surface area contributed by atoms with Crippen LogP contribution in [0.25, 0.3) is 0 Å². The molecule has 0 atom stereocenters. The van der Waals surface area contributed by atoms with Gasteiger partial charge in [0.05, 0.1) is 23.3 Å². The third-order valence-corrected chi connectivity index (χ3v) is 2.29. The lowest BCUT2D eigenvalue weighted by atomic mass is 10.2. The average Bonchev–Trinajstić information content (AvgIpc) is 2.25. The third-order valence-electron chi connectivity index (χ3n) is 2.06. The quantitative estimate of drug-likeness (QED) is 0.843. The summed E-state index contributed by atoms with van der Waals surface area (Å²) in [5.41, 5.74) is 7.07. The molecule has 1 heterocycles. The van der Waals surface area contributed by atoms with Crippen molar-refractivity contribution in [2.24, 2.45) is 0 Å². The SMILES string of the molecule is Nc1ccncc1Nc1ccc(Cl)cc1F. The van der Waals surface area contributed by atoms with Gasteiger partial charge in [0.15, 0.2) is 0 Å². The van der Waals surface area contributed by atoms with Crippen molar-refractivity contribution in [3.8, 4) is 0 Å². The standard InChI is InChI=1S/C11H9ClFN3/c12-7-1-2-10(8(13)5-7)16-11-6-15-4-3-9(11)14/h1-6,16H,(H2,14,15). The molecule has 0 saturated heterocycles. The van der Waals surface area contributed by atoms with Gasteiger partial charge in [-0.15, -0.1) is 0 Å². The molecule has 0 saturated carbocycles. The molecular weight excluding hydrogens is 229 g/mol. The first-order valence-electron chi connectivity index (χ1n) is 4.58. The summed E-state index contributed by atoms with van der Waals surface area (Å²) in [7, 11) is 0. The predicted molar refractivity (Wildman–Crippen MR) is 63.3 cm³/mol. The first-order valence-corrected chi connectivity index (χ1v) is 4.96. The molecule has 5 heteroatoms. The molecule has 2 rings (SSSR count). The fourth-order valence-corrected chi connectivity index (χ4v) is 1.40. The van der Waals surface area contributed by atoms with Crippen LogP contribution in [0.5, 0.6) is 0 Å². The van der Waals surface area contributed by atoms with Crippen LogP contribution in [-0.2, 0) is 0 Å². The maximum atomic E-state index is 13.5. The zero-order valence-corrected chi connectivity index (χ0v) is 9.00. The van der Waals surface area contributed by atoms with Gasteiger partial charge in [-0.3, -0.25) is 4.98 Å². The van der Waals surface area contributed by atoms with Crippen LogP contribution in [0.3, 0.4) is 0 Å². The van der Waals surface area contributed by atoms with Crippen LogP contribution >= 0.6 is 11.6 Å². The molecular formula is C11H9ClFN3. The number of nitrogen functional groups attached to an aromatic ring is 1. The summed E-state index contributed by atoms with van der Waals surface area (Å²) in [6, 6.07) is 6.01. The lowest BCUT2D eigenvalue weighted by molar-refractivity contribution is 0.632. The number of nitrogens with two attached hydrogens (primary N) is 1. The van der Waals surface area contributed by atoms with E-state index >= 15 is 0 Å². The Bertz CT molecular complexity index is 516. The molecule has 3 nitrogen and oxygen atoms in total. The molecule has 0 aliphatic carbocycles. The van der Waals surface area contributed by atoms with Gasteiger partial charge < -0.3 is 11.1 Å². The van der Waals surface area contributed by atoms with Crippen molar-refractivity contribution in [2.75, 3.05) is 11.1 Å². The Kier molecular flexibility index (Phi) is 2.92. The number of aromatic nitrogens is 1. The number of nitrogens with one attached hydrogen (secondary N) is 1. The molecule has 2 aromatic rings. The van der Waals surface area contributed by atoms with Gasteiger partial charge in [-0.1, -0.05) is 11.6 Å². The van der Waals surface area contributed by atoms with E-state index in [0.717, 1.165) is 0 Å². The van der Waals surface area contributed by atoms with Crippen molar-refractivity contribution >= 4 is 28.7 Å². The maximum absolute atomic E-state index is 13.5. The van der Waals surface area contributed by atoms with Crippen molar-refractivity contribution < 1.29 is 4.39 Å². The third kappa shape index (κ3) is 2.23. The highest BCUT2D eigenvalue weighted by Gasteiger charge is 2.04. The molecule has 1 aromatic heterocycles. The van der Waals surface area contributed by atoms with Crippen LogP contribution < -0.4 is 11.1 Å². The highest BCUT2D eigenvalue weighted by atomic mass is 35.5. The highest BCUT2D eigenvalue weighted by molar-refractivity contribution is 6.30. The van der Waals surface area contributed by atoms with Crippen molar-refractivity contribution in [3.05, 3.63) is 47.5 Å². The Hall–Kier alpha value is -1.81. The molecule has 16 heavy (non-hydrogen) atoms. The number of rotatable bonds is 2. The van der Waals surface area contributed by atoms with Gasteiger partial charge in [0.2, 0.25) is 0 Å². The minimum atomic E-state index is -0.434. The number of halogens is 2. The number of nitrogens with zero attached hydrogens (tertiary/aromatic N) is 1. The molecule has 82 valence electrons. The second-order valence-corrected chi connectivity index (χ2v) is 3.65. The zero-order chi connectivity index (χ0) is 11.5. The minimum Gasteiger partial charge on any atom is -0.397 e. The molecule has 0 aliphatic rings. The number of benzene rings is 1. The van der Waals surface area contributed by atoms with Crippen molar-refractivity contribution in [1.82, 2.24) is 4.98 Å². The summed E-state index contributed by atoms with van der Waals surface area (Å²) in [6.07, 6.45) is 3.10. The van der Waals surface area contributed by atoms with Crippen molar-refractivity contribution in [1.29, 1.82) is 0 Å². The summed E-state index contributed by atoms with van der Waals surface area (Å²) in [4.78, 5) is 3.90. The Labute approximate surface area is 97.1 Å². The van der Waals surface area contributed by atoms with Crippen molar-refractivity contribution in [2.45, 2.75) is 0 Å². The van der Waals surface area contributed by atoms with E-state index < -0.39 is 5.82 Å². The van der Waals surface area contributed by atoms with Gasteiger partial charge in [-0.05, 0) is 24.3 Å². The molecule has 0 unspecified atom stereocenters. The minimum absolute atomic E-state index is 0.309. The van der Waals surface area contributed by atoms with E-state index in [1.54, 1.807) is 24.4 Å². The molecule has 0 radical (unpaired) electrons. The first kappa shape index (κ1) is 10.7. The van der Waals surface area contributed by atoms with Crippen LogP contribution in [-0.4, -0.2) is 4.98 Å². The van der Waals surface area contributed by atoms with Gasteiger partial charge in [-0.25, -0.2) is 4.39 Å². The summed E-state index contributed by atoms with van der Waals surface area (Å²) in [6.45, 7) is 0. The Morgan fingerprint density at radius 2 is 2.06 bits per heavy atom. The highest BCUT2D eigenvalue weighted by Crippen LogP contribution is 2.25. The van der Waals surface area contributed by atoms with Crippen LogP contribution in [0, 0.1) is 5.82 Å². The van der Waals surface area contributed by atoms with Crippen LogP contribution in [0.1, 0.15) is 0 Å². The van der Waals surface area contributed by atoms with E-state index in [0.29, 0.717) is 22.1 Å². The summed E-state index contributed by atoms with van der Waals surface area (Å²) < 4.78 is 13.5. The van der Waals surface area contributed by atoms with Gasteiger partial charge >= 0.3 is 0 Å². The topological polar surface area (TPSA) is 50.9 Å². The number of hydrogen-bond donors (Lipinski definition) is 2. The van der Waals surface area contributed by atoms with Gasteiger partial charge in [0, 0.05) is 11.2 Å². The summed E-state index contributed by atoms with van der Waals surface area (Å²) >= 11 is 5.65. The predicted octanol–water partition coefficient (Wildman–Crippen LogP) is 3.20. The second kappa shape index (κ2) is 4.37. The first-order chi connectivity index (χ1) is 7.66. The lowest BCUT2D eigenvalue weighted by Crippen LogP contribution is -1.98. The second-order valence-electron chi connectivity index (χ2n) is 3.21. The van der Waals surface area contributed by atoms with Gasteiger partial charge in [0.25, 0.3) is 0 Å². The van der Waals surface area contributed by atoms with E-state index in [1.807, 2.05) is 0 Å². The fraction of sp³-hybridized carbons (Fsp3) is 0. The molecule has 0 amide bonds. The van der Waals surface area contributed by atoms with E-state index in [4.69, 9.17) is 17.3 Å². The summed E-state index contributed by atoms with van der Waals surface area (Å²) in [5, 5.41) is 3.20. The summed E-state index contributed by atoms with van der Waals surface area (Å²) in [5.74, 6) is -0.434. The Morgan fingerprint density at radius 3 is 2.75 bits per heavy atom. The van der Waals surface area contributed by atoms with Gasteiger partial charge in [0.1, 0.15) is 5.82 Å². The van der Waals surface area contributed by atoms with Crippen molar-refractivity contribution in [3.63, 3.8) is 0 Å². The Morgan fingerprint density at radius 1 is 1.25 bits per heavy atom. The largest absolute Gasteiger partial charge is 0.397 e. The van der Waals surface area contributed by atoms with Gasteiger partial charge in [-0.2, -0.15) is 0 Å². The van der Waals surface area contributed by atoms with E-state index in [9.17, 15) is 4.39 Å². The molecule has 0 fully saturated rings. The smallest absolute Gasteiger partial charge is 0.148 e. The number of anilines is 3. The number of hydrogen-bond acceptors (Lipinski definition) is 3. The number of pyridine rings is 1. The monoisotopic (exact) mass is 237 g/mol. The average molecular weight is 238 g/mol. The maximum Gasteiger partial charge on any atom is 0.148 e. The lowest BCUT2D eigenvalue weighted by Gasteiger charge is -2.09. The Balaban J connectivity index is 2.31.